The molecule has 0 amide bonds. The van der Waals surface area contributed by atoms with Gasteiger partial charge in [0.05, 0.1) is 20.1 Å². The van der Waals surface area contributed by atoms with Gasteiger partial charge in [-0.15, -0.1) is 0 Å². The van der Waals surface area contributed by atoms with Gasteiger partial charge in [0.2, 0.25) is 0 Å². The molecule has 0 fully saturated rings. The molecule has 0 aromatic heterocycles. The molecule has 0 heterocycles. The van der Waals surface area contributed by atoms with E-state index >= 15 is 0 Å². The molecule has 2 rings (SSSR count). The average molecular weight is 395 g/mol. The summed E-state index contributed by atoms with van der Waals surface area (Å²) < 4.78 is 0. The highest BCUT2D eigenvalue weighted by molar-refractivity contribution is 6.52. The Kier molecular flexibility index (Phi) is 6.12. The van der Waals surface area contributed by atoms with Crippen LogP contribution in [0.15, 0.2) is 18.2 Å². The normalized spacial score (nSPS) is 10.3. The first-order valence-corrected chi connectivity index (χ1v) is 7.12. The second-order valence-electron chi connectivity index (χ2n) is 3.58. The van der Waals surface area contributed by atoms with Gasteiger partial charge in [0.15, 0.2) is 5.75 Å². The molecule has 0 saturated carbocycles. The second kappa shape index (κ2) is 6.80. The summed E-state index contributed by atoms with van der Waals surface area (Å²) in [6.45, 7) is 0. The highest BCUT2D eigenvalue weighted by atomic mass is 35.5. The molecular weight excluding hydrogens is 389 g/mol. The van der Waals surface area contributed by atoms with Crippen LogP contribution in [0.2, 0.25) is 30.1 Å². The maximum absolute atomic E-state index is 9.67. The van der Waals surface area contributed by atoms with Crippen LogP contribution < -0.4 is 0 Å². The van der Waals surface area contributed by atoms with Crippen molar-refractivity contribution in [2.45, 2.75) is 0 Å². The van der Waals surface area contributed by atoms with Gasteiger partial charge in [-0.2, -0.15) is 0 Å². The molecule has 0 spiro atoms. The van der Waals surface area contributed by atoms with E-state index in [1.165, 1.54) is 0 Å². The monoisotopic (exact) mass is 392 g/mol. The van der Waals surface area contributed by atoms with E-state index in [9.17, 15) is 5.11 Å². The van der Waals surface area contributed by atoms with Crippen molar-refractivity contribution >= 4 is 69.6 Å². The lowest BCUT2D eigenvalue weighted by atomic mass is 10.0. The van der Waals surface area contributed by atoms with Crippen LogP contribution in [0.1, 0.15) is 0 Å². The fourth-order valence-electron chi connectivity index (χ4n) is 1.55. The molecule has 2 aromatic rings. The predicted octanol–water partition coefficient (Wildman–Crippen LogP) is 6.15. The number of halogens is 6. The molecule has 0 radical (unpaired) electrons. The molecule has 0 bridgehead atoms. The van der Waals surface area contributed by atoms with E-state index in [1.54, 1.807) is 18.2 Å². The fourth-order valence-corrected chi connectivity index (χ4v) is 2.99. The third kappa shape index (κ3) is 2.93. The van der Waals surface area contributed by atoms with Gasteiger partial charge in [-0.3, -0.25) is 0 Å². The zero-order chi connectivity index (χ0) is 14.3. The molecule has 108 valence electrons. The van der Waals surface area contributed by atoms with Crippen LogP contribution in [0, 0.1) is 0 Å². The molecule has 2 nitrogen and oxygen atoms in total. The van der Waals surface area contributed by atoms with Crippen LogP contribution in [0.25, 0.3) is 11.1 Å². The molecule has 8 heteroatoms. The lowest BCUT2D eigenvalue weighted by molar-refractivity contribution is 0.476. The maximum Gasteiger partial charge on any atom is 0.155 e. The molecule has 0 aliphatic rings. The van der Waals surface area contributed by atoms with Crippen molar-refractivity contribution in [2.75, 3.05) is 0 Å². The van der Waals surface area contributed by atoms with Crippen molar-refractivity contribution in [3.8, 4) is 16.9 Å². The largest absolute Gasteiger partial charge is 0.505 e. The lowest BCUT2D eigenvalue weighted by Gasteiger charge is -2.14. The Morgan fingerprint density at radius 2 is 1.20 bits per heavy atom. The molecule has 0 aliphatic heterocycles. The standard InChI is InChI=1S/C12H4Cl6O.H2O/c13-5-3-1-2-4(7(5)14)6-8(15)10(17)12(19)11(18)9(6)16;/h1-3,19H;1H2. The number of aromatic hydroxyl groups is 1. The third-order valence-corrected chi connectivity index (χ3v) is 4.97. The van der Waals surface area contributed by atoms with Crippen LogP contribution in [0.4, 0.5) is 0 Å². The van der Waals surface area contributed by atoms with Crippen molar-refractivity contribution in [3.05, 3.63) is 48.3 Å². The molecule has 0 unspecified atom stereocenters. The number of phenols is 1. The van der Waals surface area contributed by atoms with Crippen molar-refractivity contribution in [2.24, 2.45) is 0 Å². The van der Waals surface area contributed by atoms with E-state index in [0.717, 1.165) is 0 Å². The fraction of sp³-hybridized carbons (Fsp3) is 0. The lowest BCUT2D eigenvalue weighted by Crippen LogP contribution is -1.87. The van der Waals surface area contributed by atoms with Gasteiger partial charge in [-0.25, -0.2) is 0 Å². The topological polar surface area (TPSA) is 51.7 Å². The Bertz CT molecular complexity index is 642. The Labute approximate surface area is 145 Å². The summed E-state index contributed by atoms with van der Waals surface area (Å²) in [5.74, 6) is -0.375. The first kappa shape index (κ1) is 18.0. The van der Waals surface area contributed by atoms with E-state index < -0.39 is 0 Å². The van der Waals surface area contributed by atoms with Crippen LogP contribution in [-0.4, -0.2) is 10.6 Å². The summed E-state index contributed by atoms with van der Waals surface area (Å²) in [6, 6.07) is 4.98. The van der Waals surface area contributed by atoms with Crippen molar-refractivity contribution in [3.63, 3.8) is 0 Å². The van der Waals surface area contributed by atoms with Crippen LogP contribution >= 0.6 is 69.6 Å². The second-order valence-corrected chi connectivity index (χ2v) is 5.88. The quantitative estimate of drug-likeness (QED) is 0.579. The summed E-state index contributed by atoms with van der Waals surface area (Å²) in [4.78, 5) is 0. The van der Waals surface area contributed by atoms with Gasteiger partial charge in [0.1, 0.15) is 10.0 Å². The Balaban J connectivity index is 0.00000200. The first-order valence-electron chi connectivity index (χ1n) is 4.85. The van der Waals surface area contributed by atoms with E-state index in [2.05, 4.69) is 0 Å². The van der Waals surface area contributed by atoms with Gasteiger partial charge < -0.3 is 10.6 Å². The highest BCUT2D eigenvalue weighted by Gasteiger charge is 2.22. The van der Waals surface area contributed by atoms with Crippen LogP contribution in [0.3, 0.4) is 0 Å². The Morgan fingerprint density at radius 1 is 0.700 bits per heavy atom. The minimum Gasteiger partial charge on any atom is -0.505 e. The van der Waals surface area contributed by atoms with E-state index in [-0.39, 0.29) is 36.3 Å². The summed E-state index contributed by atoms with van der Waals surface area (Å²) >= 11 is 36.1. The number of phenolic OH excluding ortho intramolecular Hbond substituents is 1. The van der Waals surface area contributed by atoms with E-state index in [0.29, 0.717) is 16.1 Å². The zero-order valence-electron chi connectivity index (χ0n) is 9.45. The Hall–Kier alpha value is -0.0600. The van der Waals surface area contributed by atoms with Crippen LogP contribution in [-0.2, 0) is 0 Å². The summed E-state index contributed by atoms with van der Waals surface area (Å²) in [5.41, 5.74) is 0.802. The van der Waals surface area contributed by atoms with E-state index in [4.69, 9.17) is 69.6 Å². The van der Waals surface area contributed by atoms with Gasteiger partial charge in [-0.05, 0) is 6.07 Å². The minimum atomic E-state index is -0.375. The number of rotatable bonds is 1. The number of benzene rings is 2. The molecule has 0 aliphatic carbocycles. The predicted molar refractivity (Wildman–Crippen MR) is 87.2 cm³/mol. The van der Waals surface area contributed by atoms with Gasteiger partial charge in [-0.1, -0.05) is 81.7 Å². The summed E-state index contributed by atoms with van der Waals surface area (Å²) in [7, 11) is 0. The number of hydrogen-bond donors (Lipinski definition) is 1. The third-order valence-electron chi connectivity index (χ3n) is 2.46. The van der Waals surface area contributed by atoms with Gasteiger partial charge in [0, 0.05) is 11.1 Å². The average Bonchev–Trinajstić information content (AvgIpc) is 2.39. The van der Waals surface area contributed by atoms with Gasteiger partial charge >= 0.3 is 0 Å². The molecule has 20 heavy (non-hydrogen) atoms. The molecule has 0 saturated heterocycles. The smallest absolute Gasteiger partial charge is 0.155 e. The zero-order valence-corrected chi connectivity index (χ0v) is 14.0. The van der Waals surface area contributed by atoms with Crippen molar-refractivity contribution in [1.29, 1.82) is 0 Å². The SMILES string of the molecule is O.Oc1c(Cl)c(Cl)c(-c2cccc(Cl)c2Cl)c(Cl)c1Cl. The van der Waals surface area contributed by atoms with Crippen molar-refractivity contribution in [1.82, 2.24) is 0 Å². The molecule has 0 atom stereocenters. The number of hydrogen-bond acceptors (Lipinski definition) is 1. The van der Waals surface area contributed by atoms with Crippen molar-refractivity contribution < 1.29 is 10.6 Å². The Morgan fingerprint density at radius 3 is 1.70 bits per heavy atom. The maximum atomic E-state index is 9.67. The molecular formula is C12H6Cl6O2. The minimum absolute atomic E-state index is 0. The summed E-state index contributed by atoms with van der Waals surface area (Å²) in [5, 5.41) is 10.2. The van der Waals surface area contributed by atoms with E-state index in [1.807, 2.05) is 0 Å². The molecule has 2 aromatic carbocycles. The highest BCUT2D eigenvalue weighted by Crippen LogP contribution is 2.51. The summed E-state index contributed by atoms with van der Waals surface area (Å²) in [6.07, 6.45) is 0. The first-order chi connectivity index (χ1) is 8.86. The van der Waals surface area contributed by atoms with Gasteiger partial charge in [0.25, 0.3) is 0 Å². The molecule has 3 N–H and O–H groups in total. The van der Waals surface area contributed by atoms with Crippen LogP contribution in [0.5, 0.6) is 5.75 Å².